The Bertz CT molecular complexity index is 672. The van der Waals surface area contributed by atoms with Gasteiger partial charge in [-0.15, -0.1) is 0 Å². The van der Waals surface area contributed by atoms with Gasteiger partial charge in [0.25, 0.3) is 0 Å². The first-order valence-corrected chi connectivity index (χ1v) is 7.92. The van der Waals surface area contributed by atoms with Crippen molar-refractivity contribution in [3.05, 3.63) is 29.3 Å². The lowest BCUT2D eigenvalue weighted by atomic mass is 10.1. The average molecular weight is 309 g/mol. The molecule has 0 fully saturated rings. The van der Waals surface area contributed by atoms with E-state index in [-0.39, 0.29) is 24.4 Å². The van der Waals surface area contributed by atoms with Gasteiger partial charge in [0.15, 0.2) is 0 Å². The van der Waals surface area contributed by atoms with Crippen LogP contribution in [0.5, 0.6) is 0 Å². The predicted octanol–water partition coefficient (Wildman–Crippen LogP) is -0.151. The van der Waals surface area contributed by atoms with Crippen molar-refractivity contribution >= 4 is 15.9 Å². The van der Waals surface area contributed by atoms with E-state index in [4.69, 9.17) is 11.5 Å². The van der Waals surface area contributed by atoms with E-state index < -0.39 is 15.9 Å². The van der Waals surface area contributed by atoms with Gasteiger partial charge in [0.1, 0.15) is 0 Å². The highest BCUT2D eigenvalue weighted by molar-refractivity contribution is 7.89. The van der Waals surface area contributed by atoms with Crippen molar-refractivity contribution in [2.75, 3.05) is 13.1 Å². The molecule has 114 valence electrons. The second kappa shape index (κ2) is 7.78. The van der Waals surface area contributed by atoms with Crippen LogP contribution < -0.4 is 16.2 Å². The maximum absolute atomic E-state index is 12.1. The molecule has 7 heteroatoms. The van der Waals surface area contributed by atoms with E-state index in [1.165, 1.54) is 6.07 Å². The summed E-state index contributed by atoms with van der Waals surface area (Å²) in [5.41, 5.74) is 11.8. The topological polar surface area (TPSA) is 115 Å². The molecule has 0 unspecified atom stereocenters. The molecule has 6 nitrogen and oxygen atoms in total. The second-order valence-electron chi connectivity index (χ2n) is 4.45. The van der Waals surface area contributed by atoms with Crippen LogP contribution in [0.1, 0.15) is 24.0 Å². The Labute approximate surface area is 125 Å². The molecule has 1 amide bonds. The van der Waals surface area contributed by atoms with Gasteiger partial charge in [0, 0.05) is 18.5 Å². The minimum Gasteiger partial charge on any atom is -0.370 e. The lowest BCUT2D eigenvalue weighted by Crippen LogP contribution is -2.26. The number of benzene rings is 1. The van der Waals surface area contributed by atoms with Gasteiger partial charge in [-0.1, -0.05) is 11.8 Å². The SMILES string of the molecule is Cc1cc(S(=O)(=O)NCCCC(N)=O)ccc1C#CCN. The summed E-state index contributed by atoms with van der Waals surface area (Å²) in [6.45, 7) is 2.20. The highest BCUT2D eigenvalue weighted by Gasteiger charge is 2.14. The third-order valence-electron chi connectivity index (χ3n) is 2.73. The number of carbonyl (C=O) groups is 1. The van der Waals surface area contributed by atoms with Crippen LogP contribution in [0.3, 0.4) is 0 Å². The van der Waals surface area contributed by atoms with Crippen molar-refractivity contribution in [2.24, 2.45) is 11.5 Å². The maximum atomic E-state index is 12.1. The molecule has 0 heterocycles. The molecule has 1 aromatic carbocycles. The third kappa shape index (κ3) is 5.55. The van der Waals surface area contributed by atoms with Crippen LogP contribution >= 0.6 is 0 Å². The van der Waals surface area contributed by atoms with Gasteiger partial charge >= 0.3 is 0 Å². The quantitative estimate of drug-likeness (QED) is 0.500. The fraction of sp³-hybridized carbons (Fsp3) is 0.357. The van der Waals surface area contributed by atoms with Crippen LogP contribution in [0, 0.1) is 18.8 Å². The van der Waals surface area contributed by atoms with E-state index in [1.807, 2.05) is 0 Å². The molecule has 0 saturated heterocycles. The summed E-state index contributed by atoms with van der Waals surface area (Å²) in [6, 6.07) is 4.69. The van der Waals surface area contributed by atoms with Crippen LogP contribution in [-0.4, -0.2) is 27.4 Å². The number of hydrogen-bond acceptors (Lipinski definition) is 4. The Morgan fingerprint density at radius 3 is 2.67 bits per heavy atom. The van der Waals surface area contributed by atoms with Gasteiger partial charge in [-0.05, 0) is 37.1 Å². The predicted molar refractivity (Wildman–Crippen MR) is 80.7 cm³/mol. The van der Waals surface area contributed by atoms with Crippen molar-refractivity contribution in [3.63, 3.8) is 0 Å². The monoisotopic (exact) mass is 309 g/mol. The van der Waals surface area contributed by atoms with E-state index in [9.17, 15) is 13.2 Å². The van der Waals surface area contributed by atoms with E-state index >= 15 is 0 Å². The molecule has 0 saturated carbocycles. The molecule has 21 heavy (non-hydrogen) atoms. The summed E-state index contributed by atoms with van der Waals surface area (Å²) >= 11 is 0. The Balaban J connectivity index is 2.79. The zero-order chi connectivity index (χ0) is 15.9. The number of sulfonamides is 1. The molecule has 1 rings (SSSR count). The minimum atomic E-state index is -3.59. The summed E-state index contributed by atoms with van der Waals surface area (Å²) in [5, 5.41) is 0. The Morgan fingerprint density at radius 1 is 1.38 bits per heavy atom. The lowest BCUT2D eigenvalue weighted by molar-refractivity contribution is -0.118. The van der Waals surface area contributed by atoms with Crippen molar-refractivity contribution in [1.29, 1.82) is 0 Å². The van der Waals surface area contributed by atoms with E-state index in [0.717, 1.165) is 11.1 Å². The molecular weight excluding hydrogens is 290 g/mol. The fourth-order valence-corrected chi connectivity index (χ4v) is 2.80. The average Bonchev–Trinajstić information content (AvgIpc) is 2.42. The van der Waals surface area contributed by atoms with E-state index in [2.05, 4.69) is 16.6 Å². The highest BCUT2D eigenvalue weighted by atomic mass is 32.2. The smallest absolute Gasteiger partial charge is 0.240 e. The van der Waals surface area contributed by atoms with Crippen LogP contribution in [0.25, 0.3) is 0 Å². The van der Waals surface area contributed by atoms with E-state index in [0.29, 0.717) is 6.42 Å². The van der Waals surface area contributed by atoms with Crippen molar-refractivity contribution in [1.82, 2.24) is 4.72 Å². The van der Waals surface area contributed by atoms with Crippen LogP contribution in [0.2, 0.25) is 0 Å². The summed E-state index contributed by atoms with van der Waals surface area (Å²) < 4.78 is 26.6. The Kier molecular flexibility index (Phi) is 6.37. The Hall–Kier alpha value is -1.88. The molecule has 0 radical (unpaired) electrons. The summed E-state index contributed by atoms with van der Waals surface area (Å²) in [7, 11) is -3.59. The van der Waals surface area contributed by atoms with Gasteiger partial charge in [-0.3, -0.25) is 4.79 Å². The number of aryl methyl sites for hydroxylation is 1. The highest BCUT2D eigenvalue weighted by Crippen LogP contribution is 2.14. The number of nitrogens with two attached hydrogens (primary N) is 2. The first-order valence-electron chi connectivity index (χ1n) is 6.44. The van der Waals surface area contributed by atoms with Gasteiger partial charge in [-0.2, -0.15) is 0 Å². The van der Waals surface area contributed by atoms with Crippen LogP contribution in [0.15, 0.2) is 23.1 Å². The fourth-order valence-electron chi connectivity index (χ4n) is 1.64. The number of primary amides is 1. The molecule has 0 aliphatic rings. The summed E-state index contributed by atoms with van der Waals surface area (Å²) in [5.74, 6) is 5.15. The van der Waals surface area contributed by atoms with Crippen LogP contribution in [0.4, 0.5) is 0 Å². The molecule has 0 spiro atoms. The van der Waals surface area contributed by atoms with Gasteiger partial charge in [0.2, 0.25) is 15.9 Å². The van der Waals surface area contributed by atoms with E-state index in [1.54, 1.807) is 19.1 Å². The minimum absolute atomic E-state index is 0.148. The van der Waals surface area contributed by atoms with Crippen molar-refractivity contribution in [2.45, 2.75) is 24.7 Å². The molecule has 0 bridgehead atoms. The molecule has 0 atom stereocenters. The number of hydrogen-bond donors (Lipinski definition) is 3. The third-order valence-corrected chi connectivity index (χ3v) is 4.18. The Morgan fingerprint density at radius 2 is 2.10 bits per heavy atom. The van der Waals surface area contributed by atoms with Crippen LogP contribution in [-0.2, 0) is 14.8 Å². The standard InChI is InChI=1S/C14H19N3O3S/c1-11-10-13(7-6-12(11)4-2-8-15)21(19,20)17-9-3-5-14(16)18/h6-7,10,17H,3,5,8-9,15H2,1H3,(H2,16,18). The van der Waals surface area contributed by atoms with Crippen molar-refractivity contribution in [3.8, 4) is 11.8 Å². The molecule has 5 N–H and O–H groups in total. The molecular formula is C14H19N3O3S. The summed E-state index contributed by atoms with van der Waals surface area (Å²) in [6.07, 6.45) is 0.517. The second-order valence-corrected chi connectivity index (χ2v) is 6.22. The zero-order valence-electron chi connectivity index (χ0n) is 11.8. The number of nitrogens with one attached hydrogen (secondary N) is 1. The molecule has 0 aromatic heterocycles. The van der Waals surface area contributed by atoms with Gasteiger partial charge in [0.05, 0.1) is 11.4 Å². The lowest BCUT2D eigenvalue weighted by Gasteiger charge is -2.08. The molecule has 0 aliphatic heterocycles. The molecule has 0 aliphatic carbocycles. The maximum Gasteiger partial charge on any atom is 0.240 e. The number of amides is 1. The van der Waals surface area contributed by atoms with Gasteiger partial charge in [-0.25, -0.2) is 13.1 Å². The number of carbonyl (C=O) groups excluding carboxylic acids is 1. The first-order chi connectivity index (χ1) is 9.86. The summed E-state index contributed by atoms with van der Waals surface area (Å²) in [4.78, 5) is 10.7. The largest absolute Gasteiger partial charge is 0.370 e. The first kappa shape index (κ1) is 17.2. The zero-order valence-corrected chi connectivity index (χ0v) is 12.7. The van der Waals surface area contributed by atoms with Crippen molar-refractivity contribution < 1.29 is 13.2 Å². The number of rotatable bonds is 6. The van der Waals surface area contributed by atoms with Gasteiger partial charge < -0.3 is 11.5 Å². The molecule has 1 aromatic rings. The normalized spacial score (nSPS) is 10.8.